The van der Waals surface area contributed by atoms with Crippen LogP contribution >= 0.6 is 11.6 Å². The highest BCUT2D eigenvalue weighted by Crippen LogP contribution is 2.36. The minimum absolute atomic E-state index is 0.0176. The Morgan fingerprint density at radius 3 is 2.46 bits per heavy atom. The fourth-order valence-electron chi connectivity index (χ4n) is 5.00. The fraction of sp³-hybridized carbons (Fsp3) is 0.516. The maximum atomic E-state index is 13.9. The van der Waals surface area contributed by atoms with Gasteiger partial charge in [0.25, 0.3) is 5.91 Å². The zero-order valence-corrected chi connectivity index (χ0v) is 24.6. The van der Waals surface area contributed by atoms with Crippen molar-refractivity contribution in [3.05, 3.63) is 69.7 Å². The lowest BCUT2D eigenvalue weighted by atomic mass is 9.91. The van der Waals surface area contributed by atoms with Crippen molar-refractivity contribution in [2.45, 2.75) is 53.5 Å². The predicted molar refractivity (Wildman–Crippen MR) is 156 cm³/mol. The molecule has 0 N–H and O–H groups in total. The highest BCUT2D eigenvalue weighted by molar-refractivity contribution is 6.31. The monoisotopic (exact) mass is 552 g/mol. The number of carbonyl (C=O) groups is 2. The average molecular weight is 553 g/mol. The van der Waals surface area contributed by atoms with Crippen LogP contribution in [0.15, 0.2) is 47.6 Å². The summed E-state index contributed by atoms with van der Waals surface area (Å²) < 4.78 is 5.47. The summed E-state index contributed by atoms with van der Waals surface area (Å²) in [7, 11) is 0. The molecule has 39 heavy (non-hydrogen) atoms. The Bertz CT molecular complexity index is 1220. The average Bonchev–Trinajstić information content (AvgIpc) is 3.33. The molecule has 0 bridgehead atoms. The standard InChI is InChI=1S/C31H41ClN4O3/c1-22-10-11-24(18-23(22)2)27-19-28(25-8-6-7-9-26(25)32)36(33-27)30(38)21-35(29(37)20-31(3,4)5)13-12-34-14-16-39-17-15-34/h6-11,18,28H,12-17,19-21H2,1-5H3/t28-/m0/s1. The number of halogens is 1. The third-order valence-electron chi connectivity index (χ3n) is 7.42. The van der Waals surface area contributed by atoms with Crippen molar-refractivity contribution in [1.82, 2.24) is 14.8 Å². The molecule has 0 spiro atoms. The van der Waals surface area contributed by atoms with E-state index in [9.17, 15) is 9.59 Å². The van der Waals surface area contributed by atoms with E-state index in [0.29, 0.717) is 44.2 Å². The number of nitrogens with zero attached hydrogens (tertiary/aromatic N) is 4. The van der Waals surface area contributed by atoms with Crippen LogP contribution in [-0.2, 0) is 14.3 Å². The molecule has 2 heterocycles. The van der Waals surface area contributed by atoms with Crippen LogP contribution in [0, 0.1) is 19.3 Å². The van der Waals surface area contributed by atoms with Gasteiger partial charge in [-0.05, 0) is 53.6 Å². The first kappa shape index (κ1) is 29.2. The summed E-state index contributed by atoms with van der Waals surface area (Å²) in [5.41, 5.74) is 4.91. The van der Waals surface area contributed by atoms with Gasteiger partial charge in [0.1, 0.15) is 6.54 Å². The van der Waals surface area contributed by atoms with E-state index in [-0.39, 0.29) is 29.8 Å². The Labute approximate surface area is 237 Å². The van der Waals surface area contributed by atoms with Gasteiger partial charge >= 0.3 is 0 Å². The molecule has 0 radical (unpaired) electrons. The molecule has 1 saturated heterocycles. The number of hydrogen-bond acceptors (Lipinski definition) is 5. The third kappa shape index (κ3) is 7.68. The fourth-order valence-corrected chi connectivity index (χ4v) is 5.27. The van der Waals surface area contributed by atoms with Crippen LogP contribution in [0.3, 0.4) is 0 Å². The van der Waals surface area contributed by atoms with E-state index in [1.165, 1.54) is 11.1 Å². The Kier molecular flexibility index (Phi) is 9.47. The lowest BCUT2D eigenvalue weighted by Gasteiger charge is -2.32. The number of rotatable bonds is 8. The van der Waals surface area contributed by atoms with Crippen molar-refractivity contribution in [3.8, 4) is 0 Å². The summed E-state index contributed by atoms with van der Waals surface area (Å²) in [6.45, 7) is 14.5. The molecular weight excluding hydrogens is 512 g/mol. The first-order chi connectivity index (χ1) is 18.5. The van der Waals surface area contributed by atoms with E-state index in [1.807, 2.05) is 45.0 Å². The topological polar surface area (TPSA) is 65.5 Å². The van der Waals surface area contributed by atoms with Crippen LogP contribution < -0.4 is 0 Å². The molecule has 0 unspecified atom stereocenters. The number of ether oxygens (including phenoxy) is 1. The number of morpholine rings is 1. The second kappa shape index (κ2) is 12.6. The minimum Gasteiger partial charge on any atom is -0.379 e. The van der Waals surface area contributed by atoms with Crippen LogP contribution in [-0.4, -0.2) is 78.3 Å². The molecule has 2 aliphatic rings. The minimum atomic E-state index is -0.332. The molecule has 2 amide bonds. The van der Waals surface area contributed by atoms with Gasteiger partial charge in [0.15, 0.2) is 0 Å². The Hall–Kier alpha value is -2.74. The SMILES string of the molecule is Cc1ccc(C2=NN(C(=O)CN(CCN3CCOCC3)C(=O)CC(C)(C)C)[C@H](c3ccccc3Cl)C2)cc1C. The van der Waals surface area contributed by atoms with Crippen molar-refractivity contribution in [3.63, 3.8) is 0 Å². The molecule has 0 aromatic heterocycles. The van der Waals surface area contributed by atoms with E-state index in [1.54, 1.807) is 9.91 Å². The number of carbonyl (C=O) groups excluding carboxylic acids is 2. The molecule has 0 aliphatic carbocycles. The number of hydrogen-bond donors (Lipinski definition) is 0. The summed E-state index contributed by atoms with van der Waals surface area (Å²) in [4.78, 5) is 31.3. The van der Waals surface area contributed by atoms with Gasteiger partial charge in [-0.3, -0.25) is 14.5 Å². The molecule has 2 aromatic rings. The van der Waals surface area contributed by atoms with Gasteiger partial charge in [0.2, 0.25) is 5.91 Å². The van der Waals surface area contributed by atoms with Crippen molar-refractivity contribution < 1.29 is 14.3 Å². The largest absolute Gasteiger partial charge is 0.379 e. The number of hydrazone groups is 1. The summed E-state index contributed by atoms with van der Waals surface area (Å²) in [6, 6.07) is 13.5. The first-order valence-electron chi connectivity index (χ1n) is 13.8. The Balaban J connectivity index is 1.60. The second-order valence-corrected chi connectivity index (χ2v) is 12.2. The maximum absolute atomic E-state index is 13.9. The second-order valence-electron chi connectivity index (χ2n) is 11.8. The zero-order valence-electron chi connectivity index (χ0n) is 23.9. The van der Waals surface area contributed by atoms with E-state index >= 15 is 0 Å². The van der Waals surface area contributed by atoms with Gasteiger partial charge in [-0.15, -0.1) is 0 Å². The van der Waals surface area contributed by atoms with Crippen molar-refractivity contribution in [2.24, 2.45) is 10.5 Å². The molecule has 1 fully saturated rings. The molecule has 2 aliphatic heterocycles. The van der Waals surface area contributed by atoms with Gasteiger partial charge in [-0.25, -0.2) is 5.01 Å². The van der Waals surface area contributed by atoms with E-state index in [2.05, 4.69) is 36.9 Å². The number of aryl methyl sites for hydroxylation is 2. The smallest absolute Gasteiger partial charge is 0.262 e. The van der Waals surface area contributed by atoms with Crippen LogP contribution in [0.1, 0.15) is 61.9 Å². The number of benzene rings is 2. The highest BCUT2D eigenvalue weighted by Gasteiger charge is 2.36. The van der Waals surface area contributed by atoms with Gasteiger partial charge in [-0.1, -0.05) is 62.7 Å². The molecule has 1 atom stereocenters. The van der Waals surface area contributed by atoms with Crippen molar-refractivity contribution >= 4 is 29.1 Å². The molecular formula is C31H41ClN4O3. The molecule has 210 valence electrons. The quantitative estimate of drug-likeness (QED) is 0.450. The summed E-state index contributed by atoms with van der Waals surface area (Å²) in [6.07, 6.45) is 0.927. The van der Waals surface area contributed by atoms with E-state index < -0.39 is 0 Å². The molecule has 4 rings (SSSR count). The Morgan fingerprint density at radius 2 is 1.79 bits per heavy atom. The Morgan fingerprint density at radius 1 is 1.08 bits per heavy atom. The van der Waals surface area contributed by atoms with Gasteiger partial charge < -0.3 is 9.64 Å². The summed E-state index contributed by atoms with van der Waals surface area (Å²) >= 11 is 6.61. The molecule has 0 saturated carbocycles. The van der Waals surface area contributed by atoms with Gasteiger partial charge in [-0.2, -0.15) is 5.10 Å². The van der Waals surface area contributed by atoms with Gasteiger partial charge in [0.05, 0.1) is 25.0 Å². The van der Waals surface area contributed by atoms with Gasteiger partial charge in [0, 0.05) is 44.0 Å². The van der Waals surface area contributed by atoms with Crippen LogP contribution in [0.5, 0.6) is 0 Å². The van der Waals surface area contributed by atoms with Crippen molar-refractivity contribution in [2.75, 3.05) is 45.9 Å². The number of amides is 2. The normalized spacial score (nSPS) is 18.3. The molecule has 8 heteroatoms. The lowest BCUT2D eigenvalue weighted by molar-refractivity contribution is -0.142. The first-order valence-corrected chi connectivity index (χ1v) is 14.2. The summed E-state index contributed by atoms with van der Waals surface area (Å²) in [5.74, 6) is -0.223. The van der Waals surface area contributed by atoms with E-state index in [4.69, 9.17) is 21.4 Å². The van der Waals surface area contributed by atoms with Crippen LogP contribution in [0.4, 0.5) is 0 Å². The zero-order chi connectivity index (χ0) is 28.2. The molecule has 2 aromatic carbocycles. The third-order valence-corrected chi connectivity index (χ3v) is 7.76. The highest BCUT2D eigenvalue weighted by atomic mass is 35.5. The van der Waals surface area contributed by atoms with Crippen molar-refractivity contribution in [1.29, 1.82) is 0 Å². The van der Waals surface area contributed by atoms with Crippen LogP contribution in [0.2, 0.25) is 5.02 Å². The molecule has 7 nitrogen and oxygen atoms in total. The van der Waals surface area contributed by atoms with Crippen LogP contribution in [0.25, 0.3) is 0 Å². The van der Waals surface area contributed by atoms with E-state index in [0.717, 1.165) is 29.9 Å². The summed E-state index contributed by atoms with van der Waals surface area (Å²) in [5, 5.41) is 7.00. The lowest BCUT2D eigenvalue weighted by Crippen LogP contribution is -2.47. The predicted octanol–water partition coefficient (Wildman–Crippen LogP) is 5.23. The maximum Gasteiger partial charge on any atom is 0.262 e.